The maximum absolute atomic E-state index is 6.48. The fraction of sp³-hybridized carbons (Fsp3) is 0.500. The van der Waals surface area contributed by atoms with Gasteiger partial charge in [-0.1, -0.05) is 24.3 Å². The molecule has 0 aliphatic heterocycles. The summed E-state index contributed by atoms with van der Waals surface area (Å²) in [7, 11) is 0. The number of hydrogen-bond acceptors (Lipinski definition) is 3. The highest BCUT2D eigenvalue weighted by atomic mass is 15.3. The molecule has 3 rings (SSSR count). The quantitative estimate of drug-likeness (QED) is 0.933. The molecule has 4 heteroatoms. The van der Waals surface area contributed by atoms with Crippen molar-refractivity contribution < 1.29 is 0 Å². The standard InChI is InChI=1S/C16H22N4/c1-11(2)20-15(18-10-19-20)9-13-8-7-12-5-3-4-6-14(12)16(13)17/h3-6,10-11,13,16H,7-9,17H2,1-2H3. The van der Waals surface area contributed by atoms with Gasteiger partial charge in [-0.3, -0.25) is 0 Å². The first-order valence-corrected chi connectivity index (χ1v) is 7.38. The van der Waals surface area contributed by atoms with Crippen LogP contribution in [0.1, 0.15) is 49.3 Å². The maximum Gasteiger partial charge on any atom is 0.138 e. The first-order valence-electron chi connectivity index (χ1n) is 7.38. The predicted molar refractivity (Wildman–Crippen MR) is 79.3 cm³/mol. The van der Waals surface area contributed by atoms with E-state index in [-0.39, 0.29) is 6.04 Å². The van der Waals surface area contributed by atoms with E-state index in [2.05, 4.69) is 48.2 Å². The van der Waals surface area contributed by atoms with Gasteiger partial charge in [0.15, 0.2) is 0 Å². The lowest BCUT2D eigenvalue weighted by Gasteiger charge is -2.31. The van der Waals surface area contributed by atoms with Gasteiger partial charge in [0, 0.05) is 18.5 Å². The van der Waals surface area contributed by atoms with Crippen LogP contribution in [0.5, 0.6) is 0 Å². The van der Waals surface area contributed by atoms with E-state index in [1.807, 2.05) is 4.68 Å². The van der Waals surface area contributed by atoms with Crippen molar-refractivity contribution in [2.75, 3.05) is 0 Å². The van der Waals surface area contributed by atoms with E-state index >= 15 is 0 Å². The van der Waals surface area contributed by atoms with Gasteiger partial charge in [0.1, 0.15) is 12.2 Å². The maximum atomic E-state index is 6.48. The molecule has 1 heterocycles. The molecule has 0 radical (unpaired) electrons. The minimum absolute atomic E-state index is 0.109. The van der Waals surface area contributed by atoms with Crippen LogP contribution in [0.4, 0.5) is 0 Å². The molecular weight excluding hydrogens is 248 g/mol. The molecule has 0 fully saturated rings. The Kier molecular flexibility index (Phi) is 3.57. The average molecular weight is 270 g/mol. The van der Waals surface area contributed by atoms with Crippen LogP contribution in [-0.4, -0.2) is 14.8 Å². The number of nitrogens with two attached hydrogens (primary N) is 1. The summed E-state index contributed by atoms with van der Waals surface area (Å²) in [4.78, 5) is 4.42. The second kappa shape index (κ2) is 5.37. The van der Waals surface area contributed by atoms with Gasteiger partial charge < -0.3 is 5.73 Å². The first-order chi connectivity index (χ1) is 9.66. The lowest BCUT2D eigenvalue weighted by molar-refractivity contribution is 0.357. The Morgan fingerprint density at radius 1 is 1.35 bits per heavy atom. The number of hydrogen-bond donors (Lipinski definition) is 1. The van der Waals surface area contributed by atoms with Crippen LogP contribution in [0.3, 0.4) is 0 Å². The molecule has 0 bridgehead atoms. The van der Waals surface area contributed by atoms with Gasteiger partial charge in [0.2, 0.25) is 0 Å². The van der Waals surface area contributed by atoms with Crippen LogP contribution >= 0.6 is 0 Å². The Balaban J connectivity index is 1.81. The van der Waals surface area contributed by atoms with Gasteiger partial charge in [-0.05, 0) is 43.7 Å². The van der Waals surface area contributed by atoms with Crippen molar-refractivity contribution in [1.82, 2.24) is 14.8 Å². The van der Waals surface area contributed by atoms with Gasteiger partial charge in [-0.25, -0.2) is 9.67 Å². The minimum atomic E-state index is 0.109. The lowest BCUT2D eigenvalue weighted by atomic mass is 9.78. The topological polar surface area (TPSA) is 56.7 Å². The zero-order chi connectivity index (χ0) is 14.1. The number of rotatable bonds is 3. The van der Waals surface area contributed by atoms with E-state index in [0.29, 0.717) is 12.0 Å². The van der Waals surface area contributed by atoms with Gasteiger partial charge in [0.25, 0.3) is 0 Å². The predicted octanol–water partition coefficient (Wildman–Crippen LogP) is 2.66. The average Bonchev–Trinajstić information content (AvgIpc) is 2.91. The summed E-state index contributed by atoms with van der Waals surface area (Å²) in [5, 5.41) is 4.32. The molecule has 2 N–H and O–H groups in total. The van der Waals surface area contributed by atoms with E-state index in [9.17, 15) is 0 Å². The third-order valence-electron chi connectivity index (χ3n) is 4.29. The molecule has 2 aromatic rings. The van der Waals surface area contributed by atoms with Crippen molar-refractivity contribution in [3.8, 4) is 0 Å². The SMILES string of the molecule is CC(C)n1ncnc1CC1CCc2ccccc2C1N. The monoisotopic (exact) mass is 270 g/mol. The third kappa shape index (κ3) is 2.36. The fourth-order valence-corrected chi connectivity index (χ4v) is 3.18. The van der Waals surface area contributed by atoms with E-state index in [0.717, 1.165) is 25.1 Å². The summed E-state index contributed by atoms with van der Waals surface area (Å²) < 4.78 is 2.01. The minimum Gasteiger partial charge on any atom is -0.324 e. The molecule has 0 spiro atoms. The van der Waals surface area contributed by atoms with E-state index in [4.69, 9.17) is 5.73 Å². The number of nitrogens with zero attached hydrogens (tertiary/aromatic N) is 3. The van der Waals surface area contributed by atoms with Crippen LogP contribution < -0.4 is 5.73 Å². The zero-order valence-corrected chi connectivity index (χ0v) is 12.2. The van der Waals surface area contributed by atoms with Crippen LogP contribution in [0.2, 0.25) is 0 Å². The molecule has 1 aromatic heterocycles. The highest BCUT2D eigenvalue weighted by Crippen LogP contribution is 2.34. The summed E-state index contributed by atoms with van der Waals surface area (Å²) in [6.07, 6.45) is 4.80. The molecule has 4 nitrogen and oxygen atoms in total. The van der Waals surface area contributed by atoms with Gasteiger partial charge in [0.05, 0.1) is 0 Å². The van der Waals surface area contributed by atoms with Crippen molar-refractivity contribution in [2.45, 2.75) is 45.2 Å². The van der Waals surface area contributed by atoms with Crippen LogP contribution in [-0.2, 0) is 12.8 Å². The molecule has 106 valence electrons. The van der Waals surface area contributed by atoms with Crippen LogP contribution in [0.25, 0.3) is 0 Å². The molecule has 20 heavy (non-hydrogen) atoms. The molecule has 0 saturated carbocycles. The molecule has 2 atom stereocenters. The Bertz CT molecular complexity index is 588. The van der Waals surface area contributed by atoms with Crippen molar-refractivity contribution in [1.29, 1.82) is 0 Å². The van der Waals surface area contributed by atoms with Crippen molar-refractivity contribution in [3.05, 3.63) is 47.5 Å². The summed E-state index contributed by atoms with van der Waals surface area (Å²) >= 11 is 0. The first kappa shape index (κ1) is 13.3. The number of fused-ring (bicyclic) bond motifs is 1. The van der Waals surface area contributed by atoms with Crippen molar-refractivity contribution in [2.24, 2.45) is 11.7 Å². The Morgan fingerprint density at radius 2 is 2.15 bits per heavy atom. The highest BCUT2D eigenvalue weighted by molar-refractivity contribution is 5.32. The van der Waals surface area contributed by atoms with E-state index in [1.54, 1.807) is 6.33 Å². The summed E-state index contributed by atoms with van der Waals surface area (Å²) in [5.41, 5.74) is 9.19. The van der Waals surface area contributed by atoms with Gasteiger partial charge in [-0.2, -0.15) is 5.10 Å². The molecular formula is C16H22N4. The van der Waals surface area contributed by atoms with Crippen molar-refractivity contribution in [3.63, 3.8) is 0 Å². The Labute approximate surface area is 120 Å². The fourth-order valence-electron chi connectivity index (χ4n) is 3.18. The Hall–Kier alpha value is -1.68. The van der Waals surface area contributed by atoms with E-state index in [1.165, 1.54) is 11.1 Å². The normalized spacial score (nSPS) is 22.0. The summed E-state index contributed by atoms with van der Waals surface area (Å²) in [6.45, 7) is 4.27. The largest absolute Gasteiger partial charge is 0.324 e. The number of benzene rings is 1. The number of aryl methyl sites for hydroxylation is 1. The second-order valence-electron chi connectivity index (χ2n) is 5.94. The second-order valence-corrected chi connectivity index (χ2v) is 5.94. The highest BCUT2D eigenvalue weighted by Gasteiger charge is 2.28. The zero-order valence-electron chi connectivity index (χ0n) is 12.2. The van der Waals surface area contributed by atoms with Gasteiger partial charge >= 0.3 is 0 Å². The molecule has 0 amide bonds. The molecule has 1 aliphatic carbocycles. The summed E-state index contributed by atoms with van der Waals surface area (Å²) in [5.74, 6) is 1.51. The smallest absolute Gasteiger partial charge is 0.138 e. The van der Waals surface area contributed by atoms with Gasteiger partial charge in [-0.15, -0.1) is 0 Å². The number of aromatic nitrogens is 3. The summed E-state index contributed by atoms with van der Waals surface area (Å²) in [6, 6.07) is 9.00. The van der Waals surface area contributed by atoms with Crippen LogP contribution in [0, 0.1) is 5.92 Å². The van der Waals surface area contributed by atoms with Crippen LogP contribution in [0.15, 0.2) is 30.6 Å². The van der Waals surface area contributed by atoms with Crippen molar-refractivity contribution >= 4 is 0 Å². The molecule has 0 saturated heterocycles. The third-order valence-corrected chi connectivity index (χ3v) is 4.29. The Morgan fingerprint density at radius 3 is 2.95 bits per heavy atom. The molecule has 1 aliphatic rings. The lowest BCUT2D eigenvalue weighted by Crippen LogP contribution is -2.29. The molecule has 2 unspecified atom stereocenters. The van der Waals surface area contributed by atoms with E-state index < -0.39 is 0 Å². The molecule has 1 aromatic carbocycles.